The second kappa shape index (κ2) is 10.0. The van der Waals surface area contributed by atoms with Crippen molar-refractivity contribution in [1.29, 1.82) is 0 Å². The quantitative estimate of drug-likeness (QED) is 0.498. The van der Waals surface area contributed by atoms with Crippen molar-refractivity contribution in [3.63, 3.8) is 0 Å². The number of carbonyl (C=O) groups excluding carboxylic acids is 2. The summed E-state index contributed by atoms with van der Waals surface area (Å²) in [6, 6.07) is 7.91. The summed E-state index contributed by atoms with van der Waals surface area (Å²) in [7, 11) is 0. The minimum atomic E-state index is -0.380. The number of nitrogens with one attached hydrogen (secondary N) is 2. The molecule has 0 radical (unpaired) electrons. The molecule has 1 aromatic heterocycles. The number of Topliss-reactive ketones (excluding diaryl/α,β-unsaturated/α-hetero) is 1. The van der Waals surface area contributed by atoms with Crippen LogP contribution in [0.1, 0.15) is 52.9 Å². The van der Waals surface area contributed by atoms with Crippen molar-refractivity contribution in [2.75, 3.05) is 44.3 Å². The molecule has 168 valence electrons. The monoisotopic (exact) mass is 428 g/mol. The summed E-state index contributed by atoms with van der Waals surface area (Å²) in [6.45, 7) is 13.7. The zero-order valence-corrected chi connectivity index (χ0v) is 19.2. The number of para-hydroxylation sites is 2. The van der Waals surface area contributed by atoms with Crippen LogP contribution in [0.5, 0.6) is 5.75 Å². The number of ketones is 1. The predicted molar refractivity (Wildman–Crippen MR) is 121 cm³/mol. The summed E-state index contributed by atoms with van der Waals surface area (Å²) in [6.07, 6.45) is 0. The van der Waals surface area contributed by atoms with Gasteiger partial charge in [0.25, 0.3) is 0 Å². The first-order valence-electron chi connectivity index (χ1n) is 11.1. The molecule has 0 amide bonds. The van der Waals surface area contributed by atoms with Gasteiger partial charge in [-0.2, -0.15) is 0 Å². The number of rotatable bonds is 8. The number of anilines is 1. The smallest absolute Gasteiger partial charge is 0.340 e. The number of esters is 1. The Morgan fingerprint density at radius 2 is 1.81 bits per heavy atom. The molecule has 3 rings (SSSR count). The van der Waals surface area contributed by atoms with E-state index in [0.717, 1.165) is 37.6 Å². The SMILES string of the molecule is CCOC(=O)c1c(C)[nH]c(C(=O)[C@@H](C)[NH+]2CCN(c3ccccc3OCC)CC2)c1C. The third-order valence-corrected chi connectivity index (χ3v) is 6.08. The molecule has 1 saturated heterocycles. The number of piperazine rings is 1. The molecule has 0 unspecified atom stereocenters. The second-order valence-electron chi connectivity index (χ2n) is 7.98. The largest absolute Gasteiger partial charge is 0.492 e. The molecule has 0 saturated carbocycles. The van der Waals surface area contributed by atoms with E-state index in [4.69, 9.17) is 9.47 Å². The maximum Gasteiger partial charge on any atom is 0.340 e. The van der Waals surface area contributed by atoms with Crippen molar-refractivity contribution in [3.05, 3.63) is 46.8 Å². The van der Waals surface area contributed by atoms with Gasteiger partial charge in [0, 0.05) is 5.69 Å². The standard InChI is InChI=1S/C24H33N3O4/c1-6-30-20-11-9-8-10-19(20)27-14-12-26(13-15-27)18(5)23(28)22-16(3)21(17(4)25-22)24(29)31-7-2/h8-11,18,25H,6-7,12-15H2,1-5H3/p+1/t18-/m1/s1. The van der Waals surface area contributed by atoms with Crippen LogP contribution >= 0.6 is 0 Å². The maximum atomic E-state index is 13.3. The average molecular weight is 429 g/mol. The number of nitrogens with zero attached hydrogens (tertiary/aromatic N) is 1. The summed E-state index contributed by atoms with van der Waals surface area (Å²) in [5.41, 5.74) is 3.46. The van der Waals surface area contributed by atoms with E-state index in [9.17, 15) is 9.59 Å². The van der Waals surface area contributed by atoms with Gasteiger partial charge in [0.15, 0.2) is 6.04 Å². The first-order chi connectivity index (χ1) is 14.9. The Hall–Kier alpha value is -2.80. The van der Waals surface area contributed by atoms with Gasteiger partial charge in [-0.25, -0.2) is 4.79 Å². The maximum absolute atomic E-state index is 13.3. The van der Waals surface area contributed by atoms with Gasteiger partial charge in [0.05, 0.1) is 56.3 Å². The second-order valence-corrected chi connectivity index (χ2v) is 7.98. The first-order valence-corrected chi connectivity index (χ1v) is 11.1. The molecule has 1 aliphatic heterocycles. The number of benzene rings is 1. The lowest BCUT2D eigenvalue weighted by Gasteiger charge is -2.36. The normalized spacial score (nSPS) is 15.6. The minimum absolute atomic E-state index is 0.0364. The molecule has 2 aromatic rings. The Bertz CT molecular complexity index is 929. The molecular formula is C24H34N3O4+. The van der Waals surface area contributed by atoms with Crippen LogP contribution in [0.3, 0.4) is 0 Å². The Balaban J connectivity index is 1.69. The third-order valence-electron chi connectivity index (χ3n) is 6.08. The average Bonchev–Trinajstić information content (AvgIpc) is 3.07. The summed E-state index contributed by atoms with van der Waals surface area (Å²) in [4.78, 5) is 32.2. The van der Waals surface area contributed by atoms with Crippen LogP contribution < -0.4 is 14.5 Å². The number of quaternary nitrogens is 1. The summed E-state index contributed by atoms with van der Waals surface area (Å²) in [5, 5.41) is 0. The predicted octanol–water partition coefficient (Wildman–Crippen LogP) is 2.18. The van der Waals surface area contributed by atoms with E-state index in [0.29, 0.717) is 35.7 Å². The van der Waals surface area contributed by atoms with Crippen LogP contribution in [0.2, 0.25) is 0 Å². The van der Waals surface area contributed by atoms with Crippen LogP contribution in [0.25, 0.3) is 0 Å². The summed E-state index contributed by atoms with van der Waals surface area (Å²) >= 11 is 0. The zero-order valence-electron chi connectivity index (χ0n) is 19.2. The van der Waals surface area contributed by atoms with E-state index in [1.165, 1.54) is 4.90 Å². The molecule has 1 aliphatic rings. The van der Waals surface area contributed by atoms with Crippen molar-refractivity contribution in [1.82, 2.24) is 4.98 Å². The fourth-order valence-corrected chi connectivity index (χ4v) is 4.37. The number of hydrogen-bond donors (Lipinski definition) is 2. The Kier molecular flexibility index (Phi) is 7.38. The molecule has 2 N–H and O–H groups in total. The van der Waals surface area contributed by atoms with E-state index in [2.05, 4.69) is 16.0 Å². The fourth-order valence-electron chi connectivity index (χ4n) is 4.37. The Morgan fingerprint density at radius 3 is 2.45 bits per heavy atom. The number of aryl methyl sites for hydroxylation is 1. The van der Waals surface area contributed by atoms with Gasteiger partial charge >= 0.3 is 5.97 Å². The number of hydrogen-bond acceptors (Lipinski definition) is 5. The van der Waals surface area contributed by atoms with Crippen LogP contribution in [-0.2, 0) is 4.74 Å². The number of aromatic nitrogens is 1. The lowest BCUT2D eigenvalue weighted by Crippen LogP contribution is -3.18. The Labute approximate surface area is 184 Å². The topological polar surface area (TPSA) is 76.1 Å². The van der Waals surface area contributed by atoms with Gasteiger partial charge in [-0.1, -0.05) is 12.1 Å². The number of H-pyrrole nitrogens is 1. The van der Waals surface area contributed by atoms with Crippen molar-refractivity contribution in [2.45, 2.75) is 40.7 Å². The van der Waals surface area contributed by atoms with Crippen LogP contribution in [0.4, 0.5) is 5.69 Å². The van der Waals surface area contributed by atoms with Gasteiger partial charge in [0.2, 0.25) is 5.78 Å². The summed E-state index contributed by atoms with van der Waals surface area (Å²) < 4.78 is 10.9. The molecule has 0 aliphatic carbocycles. The van der Waals surface area contributed by atoms with Gasteiger partial charge in [0.1, 0.15) is 5.75 Å². The molecule has 1 fully saturated rings. The van der Waals surface area contributed by atoms with Gasteiger partial charge in [-0.3, -0.25) is 4.79 Å². The number of aromatic amines is 1. The van der Waals surface area contributed by atoms with Gasteiger partial charge in [-0.15, -0.1) is 0 Å². The van der Waals surface area contributed by atoms with E-state index in [1.54, 1.807) is 6.92 Å². The lowest BCUT2D eigenvalue weighted by molar-refractivity contribution is -0.914. The number of carbonyl (C=O) groups is 2. The third kappa shape index (κ3) is 4.77. The molecule has 1 atom stereocenters. The van der Waals surface area contributed by atoms with Crippen LogP contribution in [0.15, 0.2) is 24.3 Å². The number of ether oxygens (including phenoxy) is 2. The molecule has 31 heavy (non-hydrogen) atoms. The molecule has 1 aromatic carbocycles. The van der Waals surface area contributed by atoms with E-state index in [1.807, 2.05) is 45.9 Å². The lowest BCUT2D eigenvalue weighted by atomic mass is 10.0. The van der Waals surface area contributed by atoms with Crippen molar-refractivity contribution in [3.8, 4) is 5.75 Å². The zero-order chi connectivity index (χ0) is 22.5. The fraction of sp³-hybridized carbons (Fsp3) is 0.500. The molecule has 7 heteroatoms. The molecule has 2 heterocycles. The van der Waals surface area contributed by atoms with E-state index < -0.39 is 0 Å². The molecular weight excluding hydrogens is 394 g/mol. The van der Waals surface area contributed by atoms with Gasteiger partial charge < -0.3 is 24.3 Å². The highest BCUT2D eigenvalue weighted by atomic mass is 16.5. The highest BCUT2D eigenvalue weighted by Gasteiger charge is 2.33. The van der Waals surface area contributed by atoms with E-state index >= 15 is 0 Å². The van der Waals surface area contributed by atoms with E-state index in [-0.39, 0.29) is 17.8 Å². The minimum Gasteiger partial charge on any atom is -0.492 e. The van der Waals surface area contributed by atoms with Gasteiger partial charge in [-0.05, 0) is 52.3 Å². The summed E-state index contributed by atoms with van der Waals surface area (Å²) in [5.74, 6) is 0.560. The molecule has 0 bridgehead atoms. The Morgan fingerprint density at radius 1 is 1.13 bits per heavy atom. The highest BCUT2D eigenvalue weighted by molar-refractivity contribution is 6.03. The first kappa shape index (κ1) is 22.9. The van der Waals surface area contributed by atoms with Crippen molar-refractivity contribution >= 4 is 17.4 Å². The van der Waals surface area contributed by atoms with Crippen LogP contribution in [-0.4, -0.2) is 62.2 Å². The highest BCUT2D eigenvalue weighted by Crippen LogP contribution is 2.28. The van der Waals surface area contributed by atoms with Crippen molar-refractivity contribution < 1.29 is 24.0 Å². The molecule has 7 nitrogen and oxygen atoms in total. The van der Waals surface area contributed by atoms with Crippen LogP contribution in [0, 0.1) is 13.8 Å². The molecule has 0 spiro atoms. The van der Waals surface area contributed by atoms with Crippen molar-refractivity contribution in [2.24, 2.45) is 0 Å².